The maximum absolute atomic E-state index is 13.8. The number of aromatic nitrogens is 2. The molecule has 14 heteroatoms. The van der Waals surface area contributed by atoms with Crippen LogP contribution in [-0.4, -0.2) is 58.5 Å². The first-order valence-corrected chi connectivity index (χ1v) is 15.0. The zero-order chi connectivity index (χ0) is 35.0. The van der Waals surface area contributed by atoms with E-state index in [-0.39, 0.29) is 34.8 Å². The van der Waals surface area contributed by atoms with E-state index in [2.05, 4.69) is 10.4 Å². The summed E-state index contributed by atoms with van der Waals surface area (Å²) in [6.07, 6.45) is -0.587. The van der Waals surface area contributed by atoms with E-state index in [1.54, 1.807) is 48.5 Å². The lowest BCUT2D eigenvalue weighted by atomic mass is 9.98. The van der Waals surface area contributed by atoms with Crippen LogP contribution in [0.1, 0.15) is 45.7 Å². The summed E-state index contributed by atoms with van der Waals surface area (Å²) in [7, 11) is 1.30. The van der Waals surface area contributed by atoms with Crippen LogP contribution >= 0.6 is 11.6 Å². The van der Waals surface area contributed by atoms with Crippen molar-refractivity contribution < 1.29 is 33.4 Å². The fourth-order valence-corrected chi connectivity index (χ4v) is 5.03. The number of nitrogens with one attached hydrogen (secondary N) is 1. The molecule has 0 fully saturated rings. The Labute approximate surface area is 279 Å². The molecule has 13 nitrogen and oxygen atoms in total. The van der Waals surface area contributed by atoms with Gasteiger partial charge in [-0.2, -0.15) is 0 Å². The van der Waals surface area contributed by atoms with Gasteiger partial charge in [0.1, 0.15) is 18.1 Å². The number of Topliss-reactive ketones (excluding diaryl/α,β-unsaturated/α-hetero) is 1. The van der Waals surface area contributed by atoms with Gasteiger partial charge < -0.3 is 26.3 Å². The normalized spacial score (nSPS) is 12.7. The van der Waals surface area contributed by atoms with Crippen LogP contribution < -0.4 is 27.1 Å². The van der Waals surface area contributed by atoms with E-state index in [4.69, 9.17) is 32.5 Å². The Morgan fingerprint density at radius 3 is 2.19 bits per heavy atom. The number of ether oxygens (including phenoxy) is 2. The SMILES string of the molecule is COc1nn(C(Cc2ccccc2)C(=O)N[C@@H](C[C@H](N)C(=O)OC(=O)c2ccccc2)C(N)=O)c(=O)cc1-c1cc(Cl)ccc1C(C)=O. The topological polar surface area (TPSA) is 203 Å². The van der Waals surface area contributed by atoms with Gasteiger partial charge in [-0.1, -0.05) is 60.1 Å². The lowest BCUT2D eigenvalue weighted by Crippen LogP contribution is -2.52. The lowest BCUT2D eigenvalue weighted by molar-refractivity contribution is -0.140. The first kappa shape index (κ1) is 35.2. The summed E-state index contributed by atoms with van der Waals surface area (Å²) in [6, 6.07) is 17.7. The van der Waals surface area contributed by atoms with Crippen molar-refractivity contribution >= 4 is 41.1 Å². The van der Waals surface area contributed by atoms with E-state index in [0.717, 1.165) is 10.7 Å². The van der Waals surface area contributed by atoms with Crippen LogP contribution in [0.4, 0.5) is 0 Å². The third-order valence-corrected chi connectivity index (χ3v) is 7.53. The number of carbonyl (C=O) groups excluding carboxylic acids is 5. The van der Waals surface area contributed by atoms with Gasteiger partial charge in [0, 0.05) is 29.5 Å². The molecule has 48 heavy (non-hydrogen) atoms. The molecular weight excluding hydrogens is 642 g/mol. The van der Waals surface area contributed by atoms with E-state index >= 15 is 0 Å². The number of hydrogen-bond acceptors (Lipinski definition) is 10. The van der Waals surface area contributed by atoms with Crippen LogP contribution in [0.5, 0.6) is 5.88 Å². The molecule has 0 aliphatic rings. The van der Waals surface area contributed by atoms with E-state index in [1.165, 1.54) is 44.4 Å². The molecule has 4 rings (SSSR count). The maximum atomic E-state index is 13.8. The molecule has 0 radical (unpaired) electrons. The highest BCUT2D eigenvalue weighted by Gasteiger charge is 2.32. The first-order valence-electron chi connectivity index (χ1n) is 14.6. The molecule has 4 aromatic rings. The fourth-order valence-electron chi connectivity index (χ4n) is 4.86. The Bertz CT molecular complexity index is 1900. The van der Waals surface area contributed by atoms with Gasteiger partial charge in [-0.05, 0) is 48.4 Å². The van der Waals surface area contributed by atoms with Crippen molar-refractivity contribution in [2.45, 2.75) is 37.9 Å². The Hall–Kier alpha value is -5.66. The highest BCUT2D eigenvalue weighted by molar-refractivity contribution is 6.31. The second kappa shape index (κ2) is 15.8. The monoisotopic (exact) mass is 673 g/mol. The van der Waals surface area contributed by atoms with Crippen molar-refractivity contribution in [1.82, 2.24) is 15.1 Å². The summed E-state index contributed by atoms with van der Waals surface area (Å²) in [5.41, 5.74) is 12.2. The smallest absolute Gasteiger partial charge is 0.345 e. The molecule has 0 saturated carbocycles. The molecular formula is C34H32ClN5O8. The summed E-state index contributed by atoms with van der Waals surface area (Å²) in [6.45, 7) is 1.36. The van der Waals surface area contributed by atoms with E-state index in [9.17, 15) is 28.8 Å². The Balaban J connectivity index is 1.65. The molecule has 1 heterocycles. The number of methoxy groups -OCH3 is 1. The van der Waals surface area contributed by atoms with Gasteiger partial charge >= 0.3 is 11.9 Å². The predicted octanol–water partition coefficient (Wildman–Crippen LogP) is 2.63. The number of benzene rings is 3. The number of ketones is 1. The number of esters is 2. The molecule has 1 unspecified atom stereocenters. The van der Waals surface area contributed by atoms with Crippen molar-refractivity contribution in [2.75, 3.05) is 7.11 Å². The quantitative estimate of drug-likeness (QED) is 0.108. The summed E-state index contributed by atoms with van der Waals surface area (Å²) >= 11 is 6.20. The Morgan fingerprint density at radius 1 is 0.938 bits per heavy atom. The standard InChI is InChI=1S/C34H32ClN5O8/c1-19(41)23-14-13-22(35)16-24(23)25-17-29(42)40(39-32(25)47-2)28(15-20-9-5-3-6-10-20)31(44)38-27(30(37)43)18-26(36)34(46)48-33(45)21-11-7-4-8-12-21/h3-14,16-17,26-28H,15,18,36H2,1-2H3,(H2,37,43)(H,38,44)/t26-,27-,28?/m0/s1. The van der Waals surface area contributed by atoms with Crippen LogP contribution in [0.2, 0.25) is 5.02 Å². The van der Waals surface area contributed by atoms with Gasteiger partial charge in [-0.15, -0.1) is 5.10 Å². The largest absolute Gasteiger partial charge is 0.480 e. The molecule has 0 bridgehead atoms. The molecule has 1 aromatic heterocycles. The Kier molecular flexibility index (Phi) is 11.6. The lowest BCUT2D eigenvalue weighted by Gasteiger charge is -2.24. The Morgan fingerprint density at radius 2 is 1.58 bits per heavy atom. The summed E-state index contributed by atoms with van der Waals surface area (Å²) < 4.78 is 11.2. The van der Waals surface area contributed by atoms with Crippen LogP contribution in [0.25, 0.3) is 11.1 Å². The van der Waals surface area contributed by atoms with Crippen molar-refractivity contribution in [3.8, 4) is 17.0 Å². The minimum atomic E-state index is -1.53. The number of carbonyl (C=O) groups is 5. The van der Waals surface area contributed by atoms with Gasteiger partial charge in [-0.25, -0.2) is 14.3 Å². The zero-order valence-electron chi connectivity index (χ0n) is 25.9. The maximum Gasteiger partial charge on any atom is 0.345 e. The van der Waals surface area contributed by atoms with Crippen LogP contribution in [0.15, 0.2) is 89.7 Å². The average molecular weight is 674 g/mol. The summed E-state index contributed by atoms with van der Waals surface area (Å²) in [5.74, 6) is -4.38. The molecule has 2 amide bonds. The second-order valence-corrected chi connectivity index (χ2v) is 11.1. The third-order valence-electron chi connectivity index (χ3n) is 7.29. The molecule has 0 spiro atoms. The third kappa shape index (κ3) is 8.57. The van der Waals surface area contributed by atoms with Gasteiger partial charge in [0.05, 0.1) is 18.2 Å². The molecule has 3 atom stereocenters. The van der Waals surface area contributed by atoms with E-state index in [1.807, 2.05) is 0 Å². The molecule has 5 N–H and O–H groups in total. The van der Waals surface area contributed by atoms with Gasteiger partial charge in [0.2, 0.25) is 17.7 Å². The second-order valence-electron chi connectivity index (χ2n) is 10.7. The molecule has 248 valence electrons. The molecule has 0 saturated heterocycles. The van der Waals surface area contributed by atoms with Crippen molar-refractivity contribution in [2.24, 2.45) is 11.5 Å². The molecule has 0 aliphatic heterocycles. The first-order chi connectivity index (χ1) is 22.9. The zero-order valence-corrected chi connectivity index (χ0v) is 26.7. The average Bonchev–Trinajstić information content (AvgIpc) is 3.07. The van der Waals surface area contributed by atoms with Crippen molar-refractivity contribution in [3.63, 3.8) is 0 Å². The summed E-state index contributed by atoms with van der Waals surface area (Å²) in [5, 5.41) is 7.09. The van der Waals surface area contributed by atoms with Crippen molar-refractivity contribution in [1.29, 1.82) is 0 Å². The number of primary amides is 1. The van der Waals surface area contributed by atoms with Crippen LogP contribution in [0.3, 0.4) is 0 Å². The van der Waals surface area contributed by atoms with Gasteiger partial charge in [0.15, 0.2) is 5.78 Å². The number of rotatable bonds is 13. The number of nitrogens with two attached hydrogens (primary N) is 2. The minimum Gasteiger partial charge on any atom is -0.480 e. The summed E-state index contributed by atoms with van der Waals surface area (Å²) in [4.78, 5) is 77.2. The minimum absolute atomic E-state index is 0.0664. The highest BCUT2D eigenvalue weighted by atomic mass is 35.5. The number of amides is 2. The fraction of sp³-hybridized carbons (Fsp3) is 0.206. The molecule has 0 aliphatic carbocycles. The number of hydrogen-bond donors (Lipinski definition) is 3. The van der Waals surface area contributed by atoms with Gasteiger partial charge in [0.25, 0.3) is 5.56 Å². The number of halogens is 1. The van der Waals surface area contributed by atoms with Crippen LogP contribution in [-0.2, 0) is 25.5 Å². The van der Waals surface area contributed by atoms with Crippen LogP contribution in [0, 0.1) is 0 Å². The predicted molar refractivity (Wildman–Crippen MR) is 175 cm³/mol. The highest BCUT2D eigenvalue weighted by Crippen LogP contribution is 2.32. The van der Waals surface area contributed by atoms with E-state index in [0.29, 0.717) is 16.1 Å². The number of nitrogens with zero attached hydrogens (tertiary/aromatic N) is 2. The molecule has 3 aromatic carbocycles. The van der Waals surface area contributed by atoms with Crippen molar-refractivity contribution in [3.05, 3.63) is 117 Å². The van der Waals surface area contributed by atoms with Gasteiger partial charge in [-0.3, -0.25) is 19.2 Å². The van der Waals surface area contributed by atoms with E-state index < -0.39 is 53.9 Å².